The number of rotatable bonds is 5. The zero-order valence-corrected chi connectivity index (χ0v) is 37.0. The molecule has 1 unspecified atom stereocenters. The van der Waals surface area contributed by atoms with Crippen LogP contribution in [0.1, 0.15) is 95.0 Å². The third kappa shape index (κ3) is 8.89. The van der Waals surface area contributed by atoms with Crippen LogP contribution in [0.5, 0.6) is 0 Å². The summed E-state index contributed by atoms with van der Waals surface area (Å²) in [5.74, 6) is 0.302. The molecule has 0 aliphatic heterocycles. The van der Waals surface area contributed by atoms with Crippen molar-refractivity contribution in [2.24, 2.45) is 0 Å². The second kappa shape index (κ2) is 17.6. The second-order valence-electron chi connectivity index (χ2n) is 16.0. The van der Waals surface area contributed by atoms with E-state index in [1.165, 1.54) is 70.5 Å². The minimum atomic E-state index is 0. The molecule has 0 saturated carbocycles. The van der Waals surface area contributed by atoms with Crippen molar-refractivity contribution >= 4 is 58.3 Å². The number of allylic oxidation sites excluding steroid dienone is 1. The Balaban J connectivity index is 0.000000333. The van der Waals surface area contributed by atoms with Crippen molar-refractivity contribution in [3.63, 3.8) is 0 Å². The summed E-state index contributed by atoms with van der Waals surface area (Å²) in [5.41, 5.74) is 9.05. The maximum absolute atomic E-state index is 2.53. The van der Waals surface area contributed by atoms with Crippen LogP contribution in [0, 0.1) is 0 Å². The zero-order chi connectivity index (χ0) is 35.0. The molecule has 3 radical (unpaired) electrons. The fourth-order valence-electron chi connectivity index (χ4n) is 7.79. The van der Waals surface area contributed by atoms with Crippen molar-refractivity contribution in [3.05, 3.63) is 167 Å². The molecular formula is C49H49Cl2SiZr. The van der Waals surface area contributed by atoms with Crippen LogP contribution in [-0.4, -0.2) is 9.52 Å². The minimum Gasteiger partial charge on any atom is -1.00 e. The maximum Gasteiger partial charge on any atom is 3.00 e. The van der Waals surface area contributed by atoms with Crippen molar-refractivity contribution < 1.29 is 51.0 Å². The van der Waals surface area contributed by atoms with Gasteiger partial charge in [-0.2, -0.15) is 0 Å². The van der Waals surface area contributed by atoms with Crippen molar-refractivity contribution in [2.45, 2.75) is 78.1 Å². The van der Waals surface area contributed by atoms with E-state index in [1.54, 1.807) is 5.57 Å². The number of hydrogen-bond acceptors (Lipinski definition) is 0. The van der Waals surface area contributed by atoms with Gasteiger partial charge in [-0.1, -0.05) is 215 Å². The minimum absolute atomic E-state index is 0. The van der Waals surface area contributed by atoms with Gasteiger partial charge in [0, 0.05) is 5.92 Å². The molecule has 7 aromatic rings. The Morgan fingerprint density at radius 1 is 0.623 bits per heavy atom. The first-order valence-corrected chi connectivity index (χ1v) is 19.3. The molecule has 0 nitrogen and oxygen atoms in total. The van der Waals surface area contributed by atoms with E-state index >= 15 is 0 Å². The normalized spacial score (nSPS) is 13.6. The van der Waals surface area contributed by atoms with Crippen molar-refractivity contribution in [1.29, 1.82) is 0 Å². The van der Waals surface area contributed by atoms with Crippen LogP contribution in [0.3, 0.4) is 0 Å². The molecule has 267 valence electrons. The van der Waals surface area contributed by atoms with E-state index < -0.39 is 0 Å². The number of fused-ring (bicyclic) bond motifs is 6. The average Bonchev–Trinajstić information content (AvgIpc) is 3.66. The van der Waals surface area contributed by atoms with Gasteiger partial charge in [-0.25, -0.2) is 0 Å². The predicted octanol–water partition coefficient (Wildman–Crippen LogP) is 6.14. The van der Waals surface area contributed by atoms with Gasteiger partial charge >= 0.3 is 26.2 Å². The molecular weight excluding hydrogens is 779 g/mol. The topological polar surface area (TPSA) is 0 Å². The van der Waals surface area contributed by atoms with E-state index in [0.717, 1.165) is 22.4 Å². The van der Waals surface area contributed by atoms with E-state index in [0.29, 0.717) is 5.92 Å². The summed E-state index contributed by atoms with van der Waals surface area (Å²) in [6, 6.07) is 49.2. The Labute approximate surface area is 351 Å². The first-order valence-electron chi connectivity index (χ1n) is 18.3. The van der Waals surface area contributed by atoms with E-state index in [9.17, 15) is 0 Å². The average molecular weight is 828 g/mol. The van der Waals surface area contributed by atoms with Gasteiger partial charge in [-0.15, -0.1) is 33.7 Å². The maximum atomic E-state index is 2.53. The molecule has 53 heavy (non-hydrogen) atoms. The third-order valence-electron chi connectivity index (χ3n) is 10.3. The molecule has 0 spiro atoms. The first kappa shape index (κ1) is 42.6. The molecule has 0 amide bonds. The summed E-state index contributed by atoms with van der Waals surface area (Å²) in [6.45, 7) is 16.4. The molecule has 1 aliphatic rings. The van der Waals surface area contributed by atoms with E-state index in [2.05, 4.69) is 188 Å². The monoisotopic (exact) mass is 825 g/mol. The molecule has 1 aliphatic carbocycles. The van der Waals surface area contributed by atoms with Crippen LogP contribution in [-0.2, 0) is 37.0 Å². The molecule has 4 heteroatoms. The van der Waals surface area contributed by atoms with Gasteiger partial charge in [0.2, 0.25) is 0 Å². The fourth-order valence-corrected chi connectivity index (χ4v) is 8.84. The summed E-state index contributed by atoms with van der Waals surface area (Å²) < 4.78 is 0. The SMILES string of the molecule is CCCC1=Cc2c(ccc3ccccc23)C1c1c(C(C)(C)C)ccc2c1[cH-]c1cc(C(C)(C)C)ccc12.[Cl-].[Cl-].[Zr+3].c1ccc([Si]c2ccccc2)cc1. The van der Waals surface area contributed by atoms with Crippen LogP contribution < -0.4 is 35.2 Å². The molecule has 7 aromatic carbocycles. The summed E-state index contributed by atoms with van der Waals surface area (Å²) in [6.07, 6.45) is 4.81. The molecule has 1 atom stereocenters. The van der Waals surface area contributed by atoms with Gasteiger partial charge in [-0.05, 0) is 39.2 Å². The van der Waals surface area contributed by atoms with Crippen LogP contribution in [0.15, 0.2) is 139 Å². The Kier molecular flexibility index (Phi) is 14.1. The number of benzene rings is 6. The Morgan fingerprint density at radius 2 is 1.23 bits per heavy atom. The molecule has 0 aromatic heterocycles. The summed E-state index contributed by atoms with van der Waals surface area (Å²) in [5, 5.41) is 11.1. The number of hydrogen-bond donors (Lipinski definition) is 0. The fraction of sp³-hybridized carbons (Fsp3) is 0.245. The van der Waals surface area contributed by atoms with Crippen LogP contribution in [0.4, 0.5) is 0 Å². The van der Waals surface area contributed by atoms with Crippen LogP contribution in [0.2, 0.25) is 0 Å². The van der Waals surface area contributed by atoms with Crippen LogP contribution in [0.25, 0.3) is 38.4 Å². The van der Waals surface area contributed by atoms with Gasteiger partial charge < -0.3 is 24.8 Å². The van der Waals surface area contributed by atoms with E-state index in [1.807, 2.05) is 0 Å². The number of halogens is 2. The molecule has 0 heterocycles. The molecule has 0 fully saturated rings. The van der Waals surface area contributed by atoms with Crippen molar-refractivity contribution in [1.82, 2.24) is 0 Å². The summed E-state index contributed by atoms with van der Waals surface area (Å²) in [4.78, 5) is 0. The van der Waals surface area contributed by atoms with Gasteiger partial charge in [0.15, 0.2) is 0 Å². The molecule has 0 bridgehead atoms. The summed E-state index contributed by atoms with van der Waals surface area (Å²) >= 11 is 0. The Bertz CT molecular complexity index is 2290. The standard InChI is InChI=1S/C37H39.C12H10Si.2ClH.Zr/c1-8-11-24-21-31-27-13-10-9-12-23(27)14-16-30(31)34(24)35-32-22-25-20-26(36(2,3)4)15-17-28(25)29(32)18-19-33(35)37(5,6)7;1-3-7-11(8-4-1)13-12-9-5-2-6-10-12;;;/h9-10,12-22,34H,8,11H2,1-7H3;1-10H;2*1H;/q-1;;;;+3/p-2. The summed E-state index contributed by atoms with van der Waals surface area (Å²) in [7, 11) is 0.777. The van der Waals surface area contributed by atoms with E-state index in [-0.39, 0.29) is 61.8 Å². The molecule has 0 saturated heterocycles. The first-order chi connectivity index (χ1) is 24.0. The van der Waals surface area contributed by atoms with Crippen LogP contribution >= 0.6 is 0 Å². The van der Waals surface area contributed by atoms with Crippen molar-refractivity contribution in [2.75, 3.05) is 0 Å². The van der Waals surface area contributed by atoms with Crippen molar-refractivity contribution in [3.8, 4) is 0 Å². The largest absolute Gasteiger partial charge is 3.00 e. The van der Waals surface area contributed by atoms with Gasteiger partial charge in [0.05, 0.1) is 0 Å². The van der Waals surface area contributed by atoms with Gasteiger partial charge in [-0.3, -0.25) is 0 Å². The Morgan fingerprint density at radius 3 is 1.83 bits per heavy atom. The second-order valence-corrected chi connectivity index (χ2v) is 17.4. The molecule has 0 N–H and O–H groups in total. The predicted molar refractivity (Wildman–Crippen MR) is 221 cm³/mol. The Hall–Kier alpha value is -3.13. The van der Waals surface area contributed by atoms with Gasteiger partial charge in [0.25, 0.3) is 0 Å². The smallest absolute Gasteiger partial charge is 1.00 e. The van der Waals surface area contributed by atoms with Gasteiger partial charge in [0.1, 0.15) is 9.52 Å². The zero-order valence-electron chi connectivity index (χ0n) is 32.0. The third-order valence-corrected chi connectivity index (χ3v) is 11.5. The molecule has 8 rings (SSSR count). The van der Waals surface area contributed by atoms with E-state index in [4.69, 9.17) is 0 Å². The quantitative estimate of drug-likeness (QED) is 0.145.